The highest BCUT2D eigenvalue weighted by atomic mass is 16.5. The molecule has 1 fully saturated rings. The average molecular weight is 251 g/mol. The Morgan fingerprint density at radius 1 is 1.56 bits per heavy atom. The van der Waals surface area contributed by atoms with Gasteiger partial charge in [-0.25, -0.2) is 0 Å². The van der Waals surface area contributed by atoms with Crippen molar-refractivity contribution in [1.29, 1.82) is 0 Å². The van der Waals surface area contributed by atoms with Gasteiger partial charge in [0.2, 0.25) is 0 Å². The summed E-state index contributed by atoms with van der Waals surface area (Å²) in [4.78, 5) is 11.6. The first-order valence-electron chi connectivity index (χ1n) is 6.72. The second-order valence-electron chi connectivity index (χ2n) is 4.78. The molecule has 1 saturated carbocycles. The Morgan fingerprint density at radius 3 is 3.06 bits per heavy atom. The molecule has 0 aromatic carbocycles. The molecule has 1 aliphatic carbocycles. The lowest BCUT2D eigenvalue weighted by Gasteiger charge is -2.11. The maximum Gasteiger partial charge on any atom is 0.258 e. The Balaban J connectivity index is 1.70. The van der Waals surface area contributed by atoms with E-state index in [1.54, 1.807) is 6.20 Å². The molecule has 0 unspecified atom stereocenters. The lowest BCUT2D eigenvalue weighted by atomic mass is 10.2. The summed E-state index contributed by atoms with van der Waals surface area (Å²) in [5.41, 5.74) is 0. The lowest BCUT2D eigenvalue weighted by molar-refractivity contribution is -0.123. The molecule has 1 aromatic rings. The Bertz CT molecular complexity index is 383. The van der Waals surface area contributed by atoms with Gasteiger partial charge in [-0.05, 0) is 19.3 Å². The van der Waals surface area contributed by atoms with Crippen molar-refractivity contribution in [3.05, 3.63) is 12.4 Å². The van der Waals surface area contributed by atoms with Crippen molar-refractivity contribution < 1.29 is 9.53 Å². The number of nitrogens with zero attached hydrogens (tertiary/aromatic N) is 2. The number of carbonyl (C=O) groups is 1. The van der Waals surface area contributed by atoms with Gasteiger partial charge in [-0.1, -0.05) is 19.8 Å². The molecular weight excluding hydrogens is 230 g/mol. The van der Waals surface area contributed by atoms with Crippen LogP contribution in [0.2, 0.25) is 0 Å². The van der Waals surface area contributed by atoms with E-state index < -0.39 is 0 Å². The summed E-state index contributed by atoms with van der Waals surface area (Å²) in [6, 6.07) is 0.351. The van der Waals surface area contributed by atoms with Gasteiger partial charge in [0, 0.05) is 12.6 Å². The van der Waals surface area contributed by atoms with Gasteiger partial charge in [0.05, 0.1) is 12.4 Å². The number of aromatic nitrogens is 2. The van der Waals surface area contributed by atoms with Crippen molar-refractivity contribution in [2.45, 2.75) is 51.6 Å². The number of hydrogen-bond acceptors (Lipinski definition) is 3. The molecule has 1 heterocycles. The lowest BCUT2D eigenvalue weighted by Crippen LogP contribution is -2.36. The van der Waals surface area contributed by atoms with E-state index in [4.69, 9.17) is 4.74 Å². The Morgan fingerprint density at radius 2 is 2.33 bits per heavy atom. The van der Waals surface area contributed by atoms with E-state index >= 15 is 0 Å². The highest BCUT2D eigenvalue weighted by Crippen LogP contribution is 2.17. The second-order valence-corrected chi connectivity index (χ2v) is 4.78. The van der Waals surface area contributed by atoms with Gasteiger partial charge >= 0.3 is 0 Å². The fourth-order valence-corrected chi connectivity index (χ4v) is 2.26. The molecule has 0 bridgehead atoms. The zero-order valence-corrected chi connectivity index (χ0v) is 10.9. The van der Waals surface area contributed by atoms with E-state index in [0.29, 0.717) is 11.8 Å². The summed E-state index contributed by atoms with van der Waals surface area (Å²) in [6.07, 6.45) is 9.14. The molecule has 0 atom stereocenters. The number of nitrogens with one attached hydrogen (secondary N) is 1. The molecule has 5 nitrogen and oxygen atoms in total. The third kappa shape index (κ3) is 3.75. The minimum absolute atomic E-state index is 0.0369. The summed E-state index contributed by atoms with van der Waals surface area (Å²) in [7, 11) is 0. The summed E-state index contributed by atoms with van der Waals surface area (Å²) < 4.78 is 7.23. The number of rotatable bonds is 6. The molecule has 1 aromatic heterocycles. The van der Waals surface area contributed by atoms with Gasteiger partial charge in [-0.2, -0.15) is 5.10 Å². The van der Waals surface area contributed by atoms with Crippen molar-refractivity contribution in [2.24, 2.45) is 0 Å². The molecule has 1 amide bonds. The number of aryl methyl sites for hydroxylation is 1. The topological polar surface area (TPSA) is 56.1 Å². The predicted molar refractivity (Wildman–Crippen MR) is 68.4 cm³/mol. The first-order valence-corrected chi connectivity index (χ1v) is 6.72. The van der Waals surface area contributed by atoms with Crippen LogP contribution in [0.4, 0.5) is 0 Å². The van der Waals surface area contributed by atoms with E-state index in [-0.39, 0.29) is 12.5 Å². The second kappa shape index (κ2) is 6.42. The van der Waals surface area contributed by atoms with Crippen molar-refractivity contribution >= 4 is 5.91 Å². The van der Waals surface area contributed by atoms with Crippen LogP contribution in [0, 0.1) is 0 Å². The largest absolute Gasteiger partial charge is 0.480 e. The van der Waals surface area contributed by atoms with E-state index in [2.05, 4.69) is 17.3 Å². The molecule has 100 valence electrons. The fourth-order valence-electron chi connectivity index (χ4n) is 2.26. The van der Waals surface area contributed by atoms with Gasteiger partial charge in [0.1, 0.15) is 0 Å². The SMILES string of the molecule is CCCn1cc(OCC(=O)NC2CCCC2)cn1. The van der Waals surface area contributed by atoms with Gasteiger partial charge in [-0.3, -0.25) is 9.48 Å². The number of ether oxygens (including phenoxy) is 1. The highest BCUT2D eigenvalue weighted by Gasteiger charge is 2.17. The summed E-state index contributed by atoms with van der Waals surface area (Å²) >= 11 is 0. The van der Waals surface area contributed by atoms with Crippen LogP contribution in [0.1, 0.15) is 39.0 Å². The van der Waals surface area contributed by atoms with Crippen molar-refractivity contribution in [3.8, 4) is 5.75 Å². The molecule has 2 rings (SSSR count). The zero-order chi connectivity index (χ0) is 12.8. The number of amides is 1. The van der Waals surface area contributed by atoms with Gasteiger partial charge in [0.25, 0.3) is 5.91 Å². The van der Waals surface area contributed by atoms with Crippen LogP contribution < -0.4 is 10.1 Å². The van der Waals surface area contributed by atoms with E-state index in [1.807, 2.05) is 10.9 Å². The molecular formula is C13H21N3O2. The molecule has 5 heteroatoms. The molecule has 0 aliphatic heterocycles. The van der Waals surface area contributed by atoms with Crippen LogP contribution in [0.25, 0.3) is 0 Å². The molecule has 1 aliphatic rings. The Kier molecular flexibility index (Phi) is 4.61. The summed E-state index contributed by atoms with van der Waals surface area (Å²) in [6.45, 7) is 3.04. The molecule has 1 N–H and O–H groups in total. The standard InChI is InChI=1S/C13H21N3O2/c1-2-7-16-9-12(8-14-16)18-10-13(17)15-11-5-3-4-6-11/h8-9,11H,2-7,10H2,1H3,(H,15,17). The minimum atomic E-state index is -0.0369. The normalized spacial score (nSPS) is 15.8. The maximum atomic E-state index is 11.6. The van der Waals surface area contributed by atoms with Crippen molar-refractivity contribution in [1.82, 2.24) is 15.1 Å². The monoisotopic (exact) mass is 251 g/mol. The Labute approximate surface area is 108 Å². The van der Waals surface area contributed by atoms with Gasteiger partial charge in [0.15, 0.2) is 12.4 Å². The summed E-state index contributed by atoms with van der Waals surface area (Å²) in [5, 5.41) is 7.14. The Hall–Kier alpha value is -1.52. The van der Waals surface area contributed by atoms with Crippen LogP contribution in [0.15, 0.2) is 12.4 Å². The van der Waals surface area contributed by atoms with Crippen LogP contribution >= 0.6 is 0 Å². The molecule has 0 saturated heterocycles. The summed E-state index contributed by atoms with van der Waals surface area (Å²) in [5.74, 6) is 0.621. The molecule has 0 radical (unpaired) electrons. The minimum Gasteiger partial charge on any atom is -0.480 e. The van der Waals surface area contributed by atoms with Gasteiger partial charge < -0.3 is 10.1 Å². The third-order valence-electron chi connectivity index (χ3n) is 3.15. The van der Waals surface area contributed by atoms with Crippen LogP contribution in [0.3, 0.4) is 0 Å². The van der Waals surface area contributed by atoms with E-state index in [0.717, 1.165) is 25.8 Å². The van der Waals surface area contributed by atoms with E-state index in [9.17, 15) is 4.79 Å². The number of hydrogen-bond donors (Lipinski definition) is 1. The first kappa shape index (κ1) is 12.9. The highest BCUT2D eigenvalue weighted by molar-refractivity contribution is 5.77. The van der Waals surface area contributed by atoms with Crippen LogP contribution in [0.5, 0.6) is 5.75 Å². The fraction of sp³-hybridized carbons (Fsp3) is 0.692. The third-order valence-corrected chi connectivity index (χ3v) is 3.15. The maximum absolute atomic E-state index is 11.6. The quantitative estimate of drug-likeness (QED) is 0.837. The smallest absolute Gasteiger partial charge is 0.258 e. The van der Waals surface area contributed by atoms with E-state index in [1.165, 1.54) is 12.8 Å². The predicted octanol–water partition coefficient (Wildman–Crippen LogP) is 1.73. The van der Waals surface area contributed by atoms with Crippen molar-refractivity contribution in [3.63, 3.8) is 0 Å². The van der Waals surface area contributed by atoms with Crippen LogP contribution in [-0.2, 0) is 11.3 Å². The van der Waals surface area contributed by atoms with Gasteiger partial charge in [-0.15, -0.1) is 0 Å². The molecule has 0 spiro atoms. The molecule has 18 heavy (non-hydrogen) atoms. The van der Waals surface area contributed by atoms with Crippen LogP contribution in [-0.4, -0.2) is 28.3 Å². The average Bonchev–Trinajstić information content (AvgIpc) is 2.99. The zero-order valence-electron chi connectivity index (χ0n) is 10.9. The van der Waals surface area contributed by atoms with Crippen molar-refractivity contribution in [2.75, 3.05) is 6.61 Å². The number of carbonyl (C=O) groups excluding carboxylic acids is 1. The first-order chi connectivity index (χ1) is 8.78.